The molecule has 0 saturated carbocycles. The minimum Gasteiger partial charge on any atom is -0.381 e. The summed E-state index contributed by atoms with van der Waals surface area (Å²) in [6.07, 6.45) is 21.8. The minimum absolute atomic E-state index is 0.0499. The summed E-state index contributed by atoms with van der Waals surface area (Å²) in [5.41, 5.74) is 0. The van der Waals surface area contributed by atoms with Crippen LogP contribution in [0.3, 0.4) is 0 Å². The van der Waals surface area contributed by atoms with Crippen molar-refractivity contribution in [1.29, 1.82) is 0 Å². The second-order valence-electron chi connectivity index (χ2n) is 11.5. The van der Waals surface area contributed by atoms with E-state index in [9.17, 15) is 9.46 Å². The molecule has 1 aliphatic heterocycles. The van der Waals surface area contributed by atoms with Crippen molar-refractivity contribution in [1.82, 2.24) is 0 Å². The van der Waals surface area contributed by atoms with E-state index in [0.29, 0.717) is 13.2 Å². The summed E-state index contributed by atoms with van der Waals surface area (Å²) < 4.78 is 34.4. The summed E-state index contributed by atoms with van der Waals surface area (Å²) in [6.45, 7) is 9.80. The van der Waals surface area contributed by atoms with Crippen molar-refractivity contribution < 1.29 is 32.5 Å². The van der Waals surface area contributed by atoms with E-state index in [2.05, 4.69) is 14.0 Å². The number of phosphoric acid groups is 1. The molecule has 1 N–H and O–H groups in total. The summed E-state index contributed by atoms with van der Waals surface area (Å²) in [5.74, 6) is 0.0499. The van der Waals surface area contributed by atoms with Crippen molar-refractivity contribution in [2.45, 2.75) is 117 Å². The van der Waals surface area contributed by atoms with Crippen LogP contribution >= 0.6 is 7.82 Å². The Hall–Kier alpha value is -0.0100. The molecule has 0 bridgehead atoms. The van der Waals surface area contributed by atoms with Gasteiger partial charge in [0.1, 0.15) is 26.2 Å². The monoisotopic (exact) mass is 550 g/mol. The van der Waals surface area contributed by atoms with Crippen molar-refractivity contribution in [3.8, 4) is 0 Å². The van der Waals surface area contributed by atoms with Crippen molar-refractivity contribution in [3.05, 3.63) is 0 Å². The molecular formula is C29H61NO6P+. The Labute approximate surface area is 229 Å². The van der Waals surface area contributed by atoms with E-state index >= 15 is 0 Å². The second-order valence-corrected chi connectivity index (χ2v) is 12.9. The Kier molecular flexibility index (Phi) is 21.5. The van der Waals surface area contributed by atoms with Gasteiger partial charge >= 0.3 is 7.82 Å². The molecule has 1 saturated heterocycles. The third kappa shape index (κ3) is 21.5. The van der Waals surface area contributed by atoms with Gasteiger partial charge in [0.15, 0.2) is 0 Å². The summed E-state index contributed by atoms with van der Waals surface area (Å²) in [6, 6.07) is 0. The van der Waals surface area contributed by atoms with Crippen LogP contribution in [0.4, 0.5) is 0 Å². The van der Waals surface area contributed by atoms with Crippen molar-refractivity contribution in [3.63, 3.8) is 0 Å². The topological polar surface area (TPSA) is 74.2 Å². The number of unbranched alkanes of at least 4 members (excludes halogenated alkanes) is 15. The number of quaternary nitrogens is 1. The van der Waals surface area contributed by atoms with Gasteiger partial charge in [-0.05, 0) is 6.42 Å². The Balaban J connectivity index is 1.84. The first-order valence-corrected chi connectivity index (χ1v) is 17.0. The van der Waals surface area contributed by atoms with Gasteiger partial charge in [-0.1, -0.05) is 110 Å². The first-order chi connectivity index (χ1) is 17.9. The van der Waals surface area contributed by atoms with Gasteiger partial charge in [-0.3, -0.25) is 9.05 Å². The Morgan fingerprint density at radius 1 is 0.757 bits per heavy atom. The number of hydrogen-bond acceptors (Lipinski definition) is 5. The van der Waals surface area contributed by atoms with Crippen LogP contribution in [0.5, 0.6) is 0 Å². The number of likely N-dealkylation sites (N-methyl/N-ethyl adjacent to an activating group) is 1. The predicted molar refractivity (Wildman–Crippen MR) is 153 cm³/mol. The lowest BCUT2D eigenvalue weighted by atomic mass is 10.0. The molecule has 1 heterocycles. The zero-order valence-electron chi connectivity index (χ0n) is 24.6. The van der Waals surface area contributed by atoms with Gasteiger partial charge in [-0.2, -0.15) is 0 Å². The molecule has 0 aromatic carbocycles. The lowest BCUT2D eigenvalue weighted by Crippen LogP contribution is -2.53. The number of ether oxygens (including phenoxy) is 2. The first kappa shape index (κ1) is 35.0. The van der Waals surface area contributed by atoms with Crippen LogP contribution in [-0.4, -0.2) is 75.7 Å². The molecule has 0 radical (unpaired) electrons. The molecule has 8 heteroatoms. The van der Waals surface area contributed by atoms with Crippen LogP contribution in [0.2, 0.25) is 0 Å². The van der Waals surface area contributed by atoms with Crippen LogP contribution in [0, 0.1) is 5.92 Å². The molecule has 1 aliphatic rings. The van der Waals surface area contributed by atoms with E-state index in [1.54, 1.807) is 0 Å². The molecule has 222 valence electrons. The molecule has 0 aromatic rings. The lowest BCUT2D eigenvalue weighted by molar-refractivity contribution is -0.916. The van der Waals surface area contributed by atoms with Gasteiger partial charge in [-0.25, -0.2) is 4.57 Å². The van der Waals surface area contributed by atoms with E-state index < -0.39 is 7.82 Å². The van der Waals surface area contributed by atoms with E-state index in [1.165, 1.54) is 96.3 Å². The molecule has 37 heavy (non-hydrogen) atoms. The number of nitrogens with zero attached hydrogens (tertiary/aromatic N) is 1. The zero-order chi connectivity index (χ0) is 27.1. The first-order valence-electron chi connectivity index (χ1n) is 15.5. The SMILES string of the molecule is CCCCCCCCCCCCCCCCCCOC[C@H](C)COP(=O)(O)OCC[N+]1(C)CCOCC1. The van der Waals surface area contributed by atoms with Crippen molar-refractivity contribution >= 4 is 7.82 Å². The average Bonchev–Trinajstić information content (AvgIpc) is 2.87. The van der Waals surface area contributed by atoms with Gasteiger partial charge in [0.05, 0.1) is 33.5 Å². The number of phosphoric ester groups is 1. The molecule has 1 rings (SSSR count). The number of hydrogen-bond donors (Lipinski definition) is 1. The molecule has 1 fully saturated rings. The van der Waals surface area contributed by atoms with E-state index in [1.807, 2.05) is 6.92 Å². The predicted octanol–water partition coefficient (Wildman–Crippen LogP) is 7.51. The maximum absolute atomic E-state index is 12.1. The van der Waals surface area contributed by atoms with Gasteiger partial charge in [-0.15, -0.1) is 0 Å². The van der Waals surface area contributed by atoms with Crippen LogP contribution in [0.1, 0.15) is 117 Å². The van der Waals surface area contributed by atoms with Crippen LogP contribution < -0.4 is 0 Å². The molecule has 0 aromatic heterocycles. The summed E-state index contributed by atoms with van der Waals surface area (Å²) in [4.78, 5) is 9.94. The molecule has 0 aliphatic carbocycles. The minimum atomic E-state index is -4.02. The van der Waals surface area contributed by atoms with Gasteiger partial charge in [0, 0.05) is 12.5 Å². The number of rotatable bonds is 26. The largest absolute Gasteiger partial charge is 0.472 e. The summed E-state index contributed by atoms with van der Waals surface area (Å²) >= 11 is 0. The van der Waals surface area contributed by atoms with E-state index in [4.69, 9.17) is 18.5 Å². The van der Waals surface area contributed by atoms with Crippen molar-refractivity contribution in [2.24, 2.45) is 5.92 Å². The fourth-order valence-electron chi connectivity index (χ4n) is 4.73. The fourth-order valence-corrected chi connectivity index (χ4v) is 5.56. The normalized spacial score (nSPS) is 18.1. The summed E-state index contributed by atoms with van der Waals surface area (Å²) in [5, 5.41) is 0. The Bertz CT molecular complexity index is 559. The highest BCUT2D eigenvalue weighted by Gasteiger charge is 2.28. The standard InChI is InChI=1S/C29H60NO6P/c1-4-5-6-7-8-9-10-11-12-13-14-15-16-17-18-19-23-34-27-29(2)28-36-37(31,32)35-26-22-30(3)20-24-33-25-21-30/h29H,4-28H2,1-3H3/p+1/t29-/m0/s1. The number of morpholine rings is 1. The smallest absolute Gasteiger partial charge is 0.381 e. The Morgan fingerprint density at radius 3 is 1.76 bits per heavy atom. The molecule has 7 nitrogen and oxygen atoms in total. The molecular weight excluding hydrogens is 489 g/mol. The second kappa shape index (κ2) is 22.8. The third-order valence-electron chi connectivity index (χ3n) is 7.50. The highest BCUT2D eigenvalue weighted by atomic mass is 31.2. The molecule has 1 unspecified atom stereocenters. The van der Waals surface area contributed by atoms with Gasteiger partial charge in [0.2, 0.25) is 0 Å². The molecule has 0 spiro atoms. The summed E-state index contributed by atoms with van der Waals surface area (Å²) in [7, 11) is -1.90. The quantitative estimate of drug-likeness (QED) is 0.0682. The zero-order valence-corrected chi connectivity index (χ0v) is 25.5. The molecule has 0 amide bonds. The highest BCUT2D eigenvalue weighted by Crippen LogP contribution is 2.43. The fraction of sp³-hybridized carbons (Fsp3) is 1.00. The Morgan fingerprint density at radius 2 is 1.24 bits per heavy atom. The van der Waals surface area contributed by atoms with E-state index in [-0.39, 0.29) is 19.1 Å². The van der Waals surface area contributed by atoms with Crippen LogP contribution in [-0.2, 0) is 23.1 Å². The van der Waals surface area contributed by atoms with E-state index in [0.717, 1.165) is 43.8 Å². The van der Waals surface area contributed by atoms with Gasteiger partial charge in [0.25, 0.3) is 0 Å². The maximum atomic E-state index is 12.1. The van der Waals surface area contributed by atoms with Gasteiger partial charge < -0.3 is 18.9 Å². The lowest BCUT2D eigenvalue weighted by Gasteiger charge is -2.37. The van der Waals surface area contributed by atoms with Crippen molar-refractivity contribution in [2.75, 3.05) is 66.3 Å². The third-order valence-corrected chi connectivity index (χ3v) is 8.49. The maximum Gasteiger partial charge on any atom is 0.472 e. The van der Waals surface area contributed by atoms with Crippen LogP contribution in [0.15, 0.2) is 0 Å². The van der Waals surface area contributed by atoms with Crippen LogP contribution in [0.25, 0.3) is 0 Å². The molecule has 2 atom stereocenters. The highest BCUT2D eigenvalue weighted by molar-refractivity contribution is 7.47. The average molecular weight is 551 g/mol.